The van der Waals surface area contributed by atoms with Crippen LogP contribution in [0.4, 0.5) is 0 Å². The summed E-state index contributed by atoms with van der Waals surface area (Å²) in [7, 11) is 0. The van der Waals surface area contributed by atoms with Crippen LogP contribution in [0.25, 0.3) is 88.8 Å². The summed E-state index contributed by atoms with van der Waals surface area (Å²) in [5, 5.41) is 4.70. The van der Waals surface area contributed by atoms with Crippen LogP contribution in [0.1, 0.15) is 23.6 Å². The van der Waals surface area contributed by atoms with Gasteiger partial charge in [0.2, 0.25) is 0 Å². The van der Waals surface area contributed by atoms with Crippen LogP contribution in [0.5, 0.6) is 0 Å². The first kappa shape index (κ1) is 33.9. The lowest BCUT2D eigenvalue weighted by molar-refractivity contribution is 0.714. The Bertz CT molecular complexity index is 3160. The SMILES string of the molecule is CC1(c2ccccc2)c2ccccc2-c2c(-c3ccc(-c4cc(-c5cccc6cccc(-c7ccccc7)c56)nc(-c5ccccc5)n4)c4ccccc34)cccc21. The predicted molar refractivity (Wildman–Crippen MR) is 242 cm³/mol. The molecule has 2 heteroatoms. The monoisotopic (exact) mass is 738 g/mol. The number of aromatic nitrogens is 2. The van der Waals surface area contributed by atoms with Gasteiger partial charge in [0.15, 0.2) is 5.82 Å². The lowest BCUT2D eigenvalue weighted by Crippen LogP contribution is -2.22. The zero-order valence-electron chi connectivity index (χ0n) is 32.1. The Morgan fingerprint density at radius 1 is 0.362 bits per heavy atom. The number of nitrogens with zero attached hydrogens (tertiary/aromatic N) is 2. The van der Waals surface area contributed by atoms with E-state index in [0.717, 1.165) is 33.5 Å². The zero-order chi connectivity index (χ0) is 38.6. The van der Waals surface area contributed by atoms with Crippen LogP contribution >= 0.6 is 0 Å². The van der Waals surface area contributed by atoms with Crippen molar-refractivity contribution < 1.29 is 0 Å². The van der Waals surface area contributed by atoms with E-state index in [-0.39, 0.29) is 5.41 Å². The third kappa shape index (κ3) is 5.33. The van der Waals surface area contributed by atoms with Gasteiger partial charge in [0.05, 0.1) is 11.4 Å². The summed E-state index contributed by atoms with van der Waals surface area (Å²) >= 11 is 0. The molecule has 0 spiro atoms. The Kier molecular flexibility index (Phi) is 7.97. The topological polar surface area (TPSA) is 25.8 Å². The Labute approximate surface area is 338 Å². The van der Waals surface area contributed by atoms with Crippen LogP contribution in [-0.4, -0.2) is 9.97 Å². The molecule has 1 aliphatic carbocycles. The Hall–Kier alpha value is -7.42. The second-order valence-electron chi connectivity index (χ2n) is 15.4. The highest BCUT2D eigenvalue weighted by Crippen LogP contribution is 2.55. The van der Waals surface area contributed by atoms with Gasteiger partial charge in [-0.15, -0.1) is 0 Å². The number of hydrogen-bond donors (Lipinski definition) is 0. The van der Waals surface area contributed by atoms with Crippen LogP contribution in [-0.2, 0) is 5.41 Å². The maximum absolute atomic E-state index is 5.34. The van der Waals surface area contributed by atoms with Crippen molar-refractivity contribution in [1.29, 1.82) is 0 Å². The molecule has 0 N–H and O–H groups in total. The maximum Gasteiger partial charge on any atom is 0.160 e. The summed E-state index contributed by atoms with van der Waals surface area (Å²) in [6.45, 7) is 2.38. The molecule has 0 radical (unpaired) electrons. The van der Waals surface area contributed by atoms with Crippen molar-refractivity contribution in [3.8, 4) is 67.3 Å². The van der Waals surface area contributed by atoms with Crippen LogP contribution in [0, 0.1) is 0 Å². The number of rotatable bonds is 6. The molecule has 272 valence electrons. The van der Waals surface area contributed by atoms with Gasteiger partial charge in [-0.25, -0.2) is 9.97 Å². The second-order valence-corrected chi connectivity index (χ2v) is 15.4. The third-order valence-electron chi connectivity index (χ3n) is 12.2. The fourth-order valence-electron chi connectivity index (χ4n) is 9.46. The fourth-order valence-corrected chi connectivity index (χ4v) is 9.46. The standard InChI is InChI=1S/C56H38N2/c1-56(40-24-9-4-10-25-40)49-32-14-13-28-47(49)54-46(30-17-33-50(54)56)44-34-35-45(43-27-12-11-26-42(43)44)51-36-52(58-55(57-51)39-20-7-3-8-21-39)48-31-16-23-38-22-15-29-41(53(38)48)37-18-5-2-6-19-37/h2-36H,1H3. The van der Waals surface area contributed by atoms with E-state index in [9.17, 15) is 0 Å². The summed E-state index contributed by atoms with van der Waals surface area (Å²) in [5.74, 6) is 0.702. The zero-order valence-corrected chi connectivity index (χ0v) is 32.1. The summed E-state index contributed by atoms with van der Waals surface area (Å²) in [4.78, 5) is 10.7. The molecular formula is C56H38N2. The fraction of sp³-hybridized carbons (Fsp3) is 0.0357. The summed E-state index contributed by atoms with van der Waals surface area (Å²) in [5.41, 5.74) is 16.1. The van der Waals surface area contributed by atoms with Gasteiger partial charge in [0.1, 0.15) is 0 Å². The van der Waals surface area contributed by atoms with Crippen molar-refractivity contribution in [1.82, 2.24) is 9.97 Å². The van der Waals surface area contributed by atoms with Gasteiger partial charge in [-0.05, 0) is 84.6 Å². The first-order chi connectivity index (χ1) is 28.7. The normalized spacial score (nSPS) is 14.4. The van der Waals surface area contributed by atoms with Gasteiger partial charge in [-0.3, -0.25) is 0 Å². The molecule has 11 rings (SSSR count). The van der Waals surface area contributed by atoms with Crippen LogP contribution in [0.2, 0.25) is 0 Å². The average Bonchev–Trinajstić information content (AvgIpc) is 3.57. The summed E-state index contributed by atoms with van der Waals surface area (Å²) in [6, 6.07) is 76.4. The predicted octanol–water partition coefficient (Wildman–Crippen LogP) is 14.5. The summed E-state index contributed by atoms with van der Waals surface area (Å²) in [6.07, 6.45) is 0. The van der Waals surface area contributed by atoms with E-state index in [2.05, 4.69) is 213 Å². The van der Waals surface area contributed by atoms with Gasteiger partial charge in [0, 0.05) is 22.1 Å². The van der Waals surface area contributed by atoms with Gasteiger partial charge in [0.25, 0.3) is 0 Å². The smallest absolute Gasteiger partial charge is 0.160 e. The molecular weight excluding hydrogens is 701 g/mol. The largest absolute Gasteiger partial charge is 0.228 e. The van der Waals surface area contributed by atoms with Crippen molar-refractivity contribution in [2.75, 3.05) is 0 Å². The lowest BCUT2D eigenvalue weighted by atomic mass is 9.74. The van der Waals surface area contributed by atoms with Crippen molar-refractivity contribution in [3.05, 3.63) is 229 Å². The number of fused-ring (bicyclic) bond motifs is 5. The van der Waals surface area contributed by atoms with Crippen molar-refractivity contribution in [2.24, 2.45) is 0 Å². The van der Waals surface area contributed by atoms with E-state index >= 15 is 0 Å². The molecule has 1 heterocycles. The highest BCUT2D eigenvalue weighted by Gasteiger charge is 2.41. The molecule has 1 atom stereocenters. The average molecular weight is 739 g/mol. The van der Waals surface area contributed by atoms with Crippen molar-refractivity contribution >= 4 is 21.5 Å². The van der Waals surface area contributed by atoms with E-state index in [1.807, 2.05) is 6.07 Å². The molecule has 0 amide bonds. The van der Waals surface area contributed by atoms with E-state index in [4.69, 9.17) is 9.97 Å². The molecule has 0 saturated heterocycles. The third-order valence-corrected chi connectivity index (χ3v) is 12.2. The molecule has 0 bridgehead atoms. The van der Waals surface area contributed by atoms with Gasteiger partial charge in [-0.2, -0.15) is 0 Å². The van der Waals surface area contributed by atoms with Gasteiger partial charge < -0.3 is 0 Å². The highest BCUT2D eigenvalue weighted by molar-refractivity contribution is 6.09. The van der Waals surface area contributed by atoms with Gasteiger partial charge in [-0.1, -0.05) is 206 Å². The highest BCUT2D eigenvalue weighted by atomic mass is 14.9. The second kappa shape index (κ2) is 13.7. The minimum Gasteiger partial charge on any atom is -0.228 e. The first-order valence-electron chi connectivity index (χ1n) is 20.0. The minimum absolute atomic E-state index is 0.272. The molecule has 1 aliphatic rings. The minimum atomic E-state index is -0.272. The molecule has 10 aromatic rings. The molecule has 0 saturated carbocycles. The Morgan fingerprint density at radius 3 is 1.62 bits per heavy atom. The molecule has 58 heavy (non-hydrogen) atoms. The van der Waals surface area contributed by atoms with Crippen molar-refractivity contribution in [2.45, 2.75) is 12.3 Å². The van der Waals surface area contributed by atoms with E-state index in [1.54, 1.807) is 0 Å². The van der Waals surface area contributed by atoms with Crippen LogP contribution < -0.4 is 0 Å². The molecule has 9 aromatic carbocycles. The molecule has 1 unspecified atom stereocenters. The molecule has 0 fully saturated rings. The van der Waals surface area contributed by atoms with Crippen LogP contribution in [0.3, 0.4) is 0 Å². The number of hydrogen-bond acceptors (Lipinski definition) is 2. The Morgan fingerprint density at radius 2 is 0.879 bits per heavy atom. The van der Waals surface area contributed by atoms with E-state index < -0.39 is 0 Å². The molecule has 1 aromatic heterocycles. The number of benzene rings is 9. The Balaban J connectivity index is 1.13. The summed E-state index contributed by atoms with van der Waals surface area (Å²) < 4.78 is 0. The van der Waals surface area contributed by atoms with Gasteiger partial charge >= 0.3 is 0 Å². The van der Waals surface area contributed by atoms with Crippen molar-refractivity contribution in [3.63, 3.8) is 0 Å². The lowest BCUT2D eigenvalue weighted by Gasteiger charge is -2.28. The maximum atomic E-state index is 5.34. The van der Waals surface area contributed by atoms with E-state index in [1.165, 1.54) is 66.2 Å². The quantitative estimate of drug-likeness (QED) is 0.170. The van der Waals surface area contributed by atoms with Crippen LogP contribution in [0.15, 0.2) is 212 Å². The molecule has 0 aliphatic heterocycles. The van der Waals surface area contributed by atoms with E-state index in [0.29, 0.717) is 5.82 Å². The molecule has 2 nitrogen and oxygen atoms in total. The first-order valence-corrected chi connectivity index (χ1v) is 20.0.